The van der Waals surface area contributed by atoms with Crippen LogP contribution in [-0.2, 0) is 11.3 Å². The minimum absolute atomic E-state index is 0.148. The summed E-state index contributed by atoms with van der Waals surface area (Å²) in [5.74, 6) is -0.148. The van der Waals surface area contributed by atoms with Crippen LogP contribution in [0.1, 0.15) is 5.56 Å². The van der Waals surface area contributed by atoms with E-state index < -0.39 is 0 Å². The summed E-state index contributed by atoms with van der Waals surface area (Å²) < 4.78 is 18.9. The van der Waals surface area contributed by atoms with Crippen molar-refractivity contribution >= 4 is 21.4 Å². The Hall–Kier alpha value is -0.930. The molecule has 2 aromatic rings. The lowest BCUT2D eigenvalue weighted by molar-refractivity contribution is 0.186. The fourth-order valence-electron chi connectivity index (χ4n) is 1.34. The van der Waals surface area contributed by atoms with E-state index in [0.29, 0.717) is 6.61 Å². The van der Waals surface area contributed by atoms with Gasteiger partial charge in [0.1, 0.15) is 5.82 Å². The van der Waals surface area contributed by atoms with Crippen molar-refractivity contribution in [1.82, 2.24) is 0 Å². The molecule has 0 fully saturated rings. The second-order valence-corrected chi connectivity index (χ2v) is 3.69. The second-order valence-electron chi connectivity index (χ2n) is 2.81. The number of rotatable bonds is 2. The van der Waals surface area contributed by atoms with Gasteiger partial charge in [0.25, 0.3) is 0 Å². The highest BCUT2D eigenvalue weighted by molar-refractivity contribution is 7.17. The molecular weight excluding hydrogens is 187 g/mol. The highest BCUT2D eigenvalue weighted by Crippen LogP contribution is 2.28. The van der Waals surface area contributed by atoms with E-state index in [4.69, 9.17) is 4.74 Å². The molecule has 3 heteroatoms. The van der Waals surface area contributed by atoms with Crippen molar-refractivity contribution in [2.75, 3.05) is 7.11 Å². The molecule has 13 heavy (non-hydrogen) atoms. The number of hydrogen-bond acceptors (Lipinski definition) is 2. The lowest BCUT2D eigenvalue weighted by Gasteiger charge is -1.96. The van der Waals surface area contributed by atoms with Crippen molar-refractivity contribution < 1.29 is 9.13 Å². The van der Waals surface area contributed by atoms with Gasteiger partial charge in [-0.2, -0.15) is 0 Å². The number of halogens is 1. The first-order valence-electron chi connectivity index (χ1n) is 3.96. The smallest absolute Gasteiger partial charge is 0.140 e. The van der Waals surface area contributed by atoms with Crippen LogP contribution in [0, 0.1) is 5.82 Å². The number of ether oxygens (including phenoxy) is 1. The van der Waals surface area contributed by atoms with E-state index in [-0.39, 0.29) is 5.82 Å². The average Bonchev–Trinajstić information content (AvgIpc) is 2.51. The molecule has 1 aromatic heterocycles. The summed E-state index contributed by atoms with van der Waals surface area (Å²) in [6, 6.07) is 5.13. The molecule has 0 unspecified atom stereocenters. The number of thiophene rings is 1. The van der Waals surface area contributed by atoms with Gasteiger partial charge in [-0.3, -0.25) is 0 Å². The largest absolute Gasteiger partial charge is 0.380 e. The Balaban J connectivity index is 2.61. The summed E-state index contributed by atoms with van der Waals surface area (Å²) in [6.07, 6.45) is 0. The fraction of sp³-hybridized carbons (Fsp3) is 0.200. The lowest BCUT2D eigenvalue weighted by atomic mass is 10.2. The molecule has 0 aliphatic rings. The van der Waals surface area contributed by atoms with Gasteiger partial charge in [-0.15, -0.1) is 11.3 Å². The van der Waals surface area contributed by atoms with E-state index >= 15 is 0 Å². The molecular formula is C10H9FOS. The van der Waals surface area contributed by atoms with Gasteiger partial charge in [0.2, 0.25) is 0 Å². The van der Waals surface area contributed by atoms with Crippen molar-refractivity contribution in [1.29, 1.82) is 0 Å². The van der Waals surface area contributed by atoms with Gasteiger partial charge in [-0.05, 0) is 17.0 Å². The summed E-state index contributed by atoms with van der Waals surface area (Å²) >= 11 is 1.43. The zero-order valence-corrected chi connectivity index (χ0v) is 8.03. The van der Waals surface area contributed by atoms with E-state index in [2.05, 4.69) is 0 Å². The first-order valence-corrected chi connectivity index (χ1v) is 4.84. The lowest BCUT2D eigenvalue weighted by Crippen LogP contribution is -1.84. The van der Waals surface area contributed by atoms with Crippen LogP contribution in [0.15, 0.2) is 23.6 Å². The minimum Gasteiger partial charge on any atom is -0.380 e. The molecule has 0 saturated heterocycles. The van der Waals surface area contributed by atoms with Crippen LogP contribution in [0.2, 0.25) is 0 Å². The van der Waals surface area contributed by atoms with Gasteiger partial charge >= 0.3 is 0 Å². The molecule has 0 atom stereocenters. The Morgan fingerprint density at radius 3 is 3.08 bits per heavy atom. The quantitative estimate of drug-likeness (QED) is 0.716. The Morgan fingerprint density at radius 2 is 2.31 bits per heavy atom. The number of methoxy groups -OCH3 is 1. The Morgan fingerprint density at radius 1 is 1.46 bits per heavy atom. The third-order valence-electron chi connectivity index (χ3n) is 1.93. The summed E-state index contributed by atoms with van der Waals surface area (Å²) in [4.78, 5) is 0. The summed E-state index contributed by atoms with van der Waals surface area (Å²) in [7, 11) is 1.64. The van der Waals surface area contributed by atoms with Crippen LogP contribution >= 0.6 is 11.3 Å². The van der Waals surface area contributed by atoms with E-state index in [1.54, 1.807) is 13.2 Å². The van der Waals surface area contributed by atoms with Crippen molar-refractivity contribution in [3.8, 4) is 0 Å². The number of fused-ring (bicyclic) bond motifs is 1. The monoisotopic (exact) mass is 196 g/mol. The van der Waals surface area contributed by atoms with Gasteiger partial charge in [-0.1, -0.05) is 12.1 Å². The van der Waals surface area contributed by atoms with Crippen LogP contribution < -0.4 is 0 Å². The van der Waals surface area contributed by atoms with Crippen molar-refractivity contribution in [3.05, 3.63) is 35.0 Å². The number of benzene rings is 1. The second kappa shape index (κ2) is 3.44. The molecule has 0 aliphatic heterocycles. The van der Waals surface area contributed by atoms with Crippen LogP contribution in [-0.4, -0.2) is 7.11 Å². The SMILES string of the molecule is COCc1csc2c(F)cccc12. The maximum absolute atomic E-state index is 13.2. The van der Waals surface area contributed by atoms with E-state index in [1.807, 2.05) is 11.4 Å². The molecule has 2 rings (SSSR count). The van der Waals surface area contributed by atoms with Gasteiger partial charge in [0.05, 0.1) is 11.3 Å². The highest BCUT2D eigenvalue weighted by Gasteiger charge is 2.06. The molecule has 68 valence electrons. The summed E-state index contributed by atoms with van der Waals surface area (Å²) in [6.45, 7) is 0.545. The summed E-state index contributed by atoms with van der Waals surface area (Å²) in [5.41, 5.74) is 1.06. The molecule has 0 aliphatic carbocycles. The Kier molecular flexibility index (Phi) is 2.29. The van der Waals surface area contributed by atoms with E-state index in [9.17, 15) is 4.39 Å². The first kappa shape index (κ1) is 8.66. The molecule has 0 N–H and O–H groups in total. The predicted octanol–water partition coefficient (Wildman–Crippen LogP) is 3.19. The van der Waals surface area contributed by atoms with E-state index in [0.717, 1.165) is 15.6 Å². The minimum atomic E-state index is -0.148. The third kappa shape index (κ3) is 1.45. The highest BCUT2D eigenvalue weighted by atomic mass is 32.1. The maximum Gasteiger partial charge on any atom is 0.140 e. The third-order valence-corrected chi connectivity index (χ3v) is 2.98. The zero-order valence-electron chi connectivity index (χ0n) is 7.21. The molecule has 1 nitrogen and oxygen atoms in total. The van der Waals surface area contributed by atoms with Crippen LogP contribution in [0.4, 0.5) is 4.39 Å². The van der Waals surface area contributed by atoms with Crippen molar-refractivity contribution in [2.24, 2.45) is 0 Å². The molecule has 0 bridgehead atoms. The van der Waals surface area contributed by atoms with Crippen molar-refractivity contribution in [2.45, 2.75) is 6.61 Å². The summed E-state index contributed by atoms with van der Waals surface area (Å²) in [5, 5.41) is 2.91. The van der Waals surface area contributed by atoms with Crippen LogP contribution in [0.3, 0.4) is 0 Å². The molecule has 0 radical (unpaired) electrons. The molecule has 1 heterocycles. The Labute approximate surface area is 79.8 Å². The molecule has 0 saturated carbocycles. The van der Waals surface area contributed by atoms with Gasteiger partial charge in [0.15, 0.2) is 0 Å². The molecule has 1 aromatic carbocycles. The standard InChI is InChI=1S/C10H9FOS/c1-12-5-7-6-13-10-8(7)3-2-4-9(10)11/h2-4,6H,5H2,1H3. The molecule has 0 spiro atoms. The van der Waals surface area contributed by atoms with Gasteiger partial charge in [0, 0.05) is 12.5 Å². The normalized spacial score (nSPS) is 10.9. The average molecular weight is 196 g/mol. The predicted molar refractivity (Wildman–Crippen MR) is 52.5 cm³/mol. The van der Waals surface area contributed by atoms with Crippen LogP contribution in [0.5, 0.6) is 0 Å². The van der Waals surface area contributed by atoms with Crippen molar-refractivity contribution in [3.63, 3.8) is 0 Å². The fourth-order valence-corrected chi connectivity index (χ4v) is 2.30. The van der Waals surface area contributed by atoms with Gasteiger partial charge < -0.3 is 4.74 Å². The zero-order chi connectivity index (χ0) is 9.26. The Bertz CT molecular complexity index is 422. The van der Waals surface area contributed by atoms with Crippen LogP contribution in [0.25, 0.3) is 10.1 Å². The molecule has 0 amide bonds. The topological polar surface area (TPSA) is 9.23 Å². The first-order chi connectivity index (χ1) is 6.33. The van der Waals surface area contributed by atoms with E-state index in [1.165, 1.54) is 17.4 Å². The number of hydrogen-bond donors (Lipinski definition) is 0. The maximum atomic E-state index is 13.2. The van der Waals surface area contributed by atoms with Gasteiger partial charge in [-0.25, -0.2) is 4.39 Å².